The quantitative estimate of drug-likeness (QED) is 0.656. The van der Waals surface area contributed by atoms with Gasteiger partial charge in [-0.25, -0.2) is 0 Å². The Morgan fingerprint density at radius 3 is 2.53 bits per heavy atom. The largest absolute Gasteiger partial charge is 0.369 e. The van der Waals surface area contributed by atoms with Gasteiger partial charge in [0.2, 0.25) is 5.91 Å². The summed E-state index contributed by atoms with van der Waals surface area (Å²) in [5.74, 6) is -0.329. The number of rotatable bonds is 4. The molecule has 3 heterocycles. The molecule has 1 N–H and O–H groups in total. The van der Waals surface area contributed by atoms with Crippen molar-refractivity contribution in [1.82, 2.24) is 14.8 Å². The van der Waals surface area contributed by atoms with Gasteiger partial charge in [-0.2, -0.15) is 0 Å². The van der Waals surface area contributed by atoms with Crippen LogP contribution in [-0.4, -0.2) is 65.9 Å². The first-order valence-corrected chi connectivity index (χ1v) is 10.6. The lowest BCUT2D eigenvalue weighted by atomic mass is 10.0. The lowest BCUT2D eigenvalue weighted by molar-refractivity contribution is -0.128. The van der Waals surface area contributed by atoms with E-state index in [1.165, 1.54) is 4.90 Å². The van der Waals surface area contributed by atoms with E-state index in [1.807, 2.05) is 42.5 Å². The lowest BCUT2D eigenvalue weighted by Crippen LogP contribution is -2.51. The third-order valence-electron chi connectivity index (χ3n) is 6.09. The van der Waals surface area contributed by atoms with Gasteiger partial charge in [0.15, 0.2) is 0 Å². The number of fused-ring (bicyclic) bond motifs is 3. The fraction of sp³-hybridized carbons (Fsp3) is 0.304. The average Bonchev–Trinajstić information content (AvgIpc) is 3.13. The normalized spacial score (nSPS) is 17.6. The molecule has 2 aliphatic heterocycles. The van der Waals surface area contributed by atoms with Gasteiger partial charge in [0.1, 0.15) is 5.69 Å². The minimum Gasteiger partial charge on any atom is -0.369 e. The SMILES string of the molecule is O=C1Cc2c([nH]c3ccccc23)C(=O)N1CCN1CCN(c2cccc(Cl)c2)CC1. The monoisotopic (exact) mass is 422 g/mol. The van der Waals surface area contributed by atoms with E-state index in [1.54, 1.807) is 0 Å². The second-order valence-corrected chi connectivity index (χ2v) is 8.30. The van der Waals surface area contributed by atoms with Crippen molar-refractivity contribution in [2.45, 2.75) is 6.42 Å². The fourth-order valence-electron chi connectivity index (χ4n) is 4.43. The molecule has 0 bridgehead atoms. The number of nitrogens with one attached hydrogen (secondary N) is 1. The predicted molar refractivity (Wildman–Crippen MR) is 118 cm³/mol. The zero-order valence-electron chi connectivity index (χ0n) is 16.6. The van der Waals surface area contributed by atoms with Gasteiger partial charge in [0, 0.05) is 60.9 Å². The van der Waals surface area contributed by atoms with Crippen LogP contribution >= 0.6 is 11.6 Å². The van der Waals surface area contributed by atoms with E-state index in [-0.39, 0.29) is 18.2 Å². The summed E-state index contributed by atoms with van der Waals surface area (Å²) < 4.78 is 0. The number of carbonyl (C=O) groups excluding carboxylic acids is 2. The van der Waals surface area contributed by atoms with Crippen LogP contribution in [0.15, 0.2) is 48.5 Å². The van der Waals surface area contributed by atoms with Gasteiger partial charge in [0.25, 0.3) is 5.91 Å². The highest BCUT2D eigenvalue weighted by atomic mass is 35.5. The Bertz CT molecular complexity index is 1120. The molecule has 5 rings (SSSR count). The lowest BCUT2D eigenvalue weighted by Gasteiger charge is -2.37. The molecule has 0 aliphatic carbocycles. The Balaban J connectivity index is 1.22. The Kier molecular flexibility index (Phi) is 4.97. The summed E-state index contributed by atoms with van der Waals surface area (Å²) in [6, 6.07) is 15.7. The highest BCUT2D eigenvalue weighted by Crippen LogP contribution is 2.28. The summed E-state index contributed by atoms with van der Waals surface area (Å²) in [6.07, 6.45) is 0.271. The molecule has 2 aromatic carbocycles. The van der Waals surface area contributed by atoms with Crippen molar-refractivity contribution in [3.05, 3.63) is 64.8 Å². The summed E-state index contributed by atoms with van der Waals surface area (Å²) in [6.45, 7) is 4.68. The number of hydrogen-bond donors (Lipinski definition) is 1. The van der Waals surface area contributed by atoms with Gasteiger partial charge >= 0.3 is 0 Å². The summed E-state index contributed by atoms with van der Waals surface area (Å²) in [4.78, 5) is 34.9. The number of aromatic amines is 1. The average molecular weight is 423 g/mol. The van der Waals surface area contributed by atoms with Crippen LogP contribution in [0.5, 0.6) is 0 Å². The minimum absolute atomic E-state index is 0.116. The van der Waals surface area contributed by atoms with Crippen molar-refractivity contribution in [2.24, 2.45) is 0 Å². The predicted octanol–water partition coefficient (Wildman–Crippen LogP) is 3.17. The zero-order chi connectivity index (χ0) is 20.7. The van der Waals surface area contributed by atoms with E-state index in [0.717, 1.165) is 53.4 Å². The van der Waals surface area contributed by atoms with Crippen LogP contribution < -0.4 is 4.90 Å². The summed E-state index contributed by atoms with van der Waals surface area (Å²) in [5.41, 5.74) is 3.42. The number of benzene rings is 2. The van der Waals surface area contributed by atoms with Crippen LogP contribution in [0, 0.1) is 0 Å². The van der Waals surface area contributed by atoms with E-state index >= 15 is 0 Å². The van der Waals surface area contributed by atoms with Gasteiger partial charge in [-0.15, -0.1) is 0 Å². The maximum absolute atomic E-state index is 13.0. The van der Waals surface area contributed by atoms with Crippen LogP contribution in [0.1, 0.15) is 16.1 Å². The number of piperazine rings is 1. The summed E-state index contributed by atoms with van der Waals surface area (Å²) >= 11 is 6.11. The first-order chi connectivity index (χ1) is 14.6. The number of nitrogens with zero attached hydrogens (tertiary/aromatic N) is 3. The molecule has 0 unspecified atom stereocenters. The van der Waals surface area contributed by atoms with Crippen molar-refractivity contribution in [1.29, 1.82) is 0 Å². The molecular weight excluding hydrogens is 400 g/mol. The van der Waals surface area contributed by atoms with Crippen LogP contribution in [0.3, 0.4) is 0 Å². The number of anilines is 1. The number of halogens is 1. The molecule has 1 aromatic heterocycles. The Hall–Kier alpha value is -2.83. The molecule has 0 radical (unpaired) electrons. The first kappa shape index (κ1) is 19.2. The molecule has 30 heavy (non-hydrogen) atoms. The third kappa shape index (κ3) is 3.46. The standard InChI is InChI=1S/C23H23ClN4O2/c24-16-4-3-5-17(14-16)27-11-8-26(9-12-27)10-13-28-21(29)15-19-18-6-1-2-7-20(18)25-22(19)23(28)30/h1-7,14,25H,8-13,15H2. The molecule has 0 saturated carbocycles. The summed E-state index contributed by atoms with van der Waals surface area (Å²) in [5, 5.41) is 1.71. The van der Waals surface area contributed by atoms with Crippen molar-refractivity contribution < 1.29 is 9.59 Å². The summed E-state index contributed by atoms with van der Waals surface area (Å²) in [7, 11) is 0. The van der Waals surface area contributed by atoms with Crippen molar-refractivity contribution in [3.8, 4) is 0 Å². The molecular formula is C23H23ClN4O2. The van der Waals surface area contributed by atoms with E-state index in [2.05, 4.69) is 20.9 Å². The second kappa shape index (κ2) is 7.78. The third-order valence-corrected chi connectivity index (χ3v) is 6.32. The molecule has 3 aromatic rings. The van der Waals surface area contributed by atoms with Crippen LogP contribution in [0.4, 0.5) is 5.69 Å². The smallest absolute Gasteiger partial charge is 0.277 e. The Morgan fingerprint density at radius 2 is 1.73 bits per heavy atom. The fourth-order valence-corrected chi connectivity index (χ4v) is 4.62. The van der Waals surface area contributed by atoms with E-state index in [0.29, 0.717) is 18.8 Å². The first-order valence-electron chi connectivity index (χ1n) is 10.3. The number of hydrogen-bond acceptors (Lipinski definition) is 4. The Morgan fingerprint density at radius 1 is 0.933 bits per heavy atom. The highest BCUT2D eigenvalue weighted by Gasteiger charge is 2.34. The highest BCUT2D eigenvalue weighted by molar-refractivity contribution is 6.30. The van der Waals surface area contributed by atoms with Gasteiger partial charge in [-0.3, -0.25) is 19.4 Å². The van der Waals surface area contributed by atoms with Gasteiger partial charge < -0.3 is 9.88 Å². The van der Waals surface area contributed by atoms with Crippen molar-refractivity contribution in [2.75, 3.05) is 44.2 Å². The van der Waals surface area contributed by atoms with E-state index < -0.39 is 0 Å². The van der Waals surface area contributed by atoms with Gasteiger partial charge in [-0.05, 0) is 29.8 Å². The number of H-pyrrole nitrogens is 1. The number of para-hydroxylation sites is 1. The number of aromatic nitrogens is 1. The van der Waals surface area contributed by atoms with Crippen LogP contribution in [0.2, 0.25) is 5.02 Å². The Labute approximate surface area is 180 Å². The molecule has 2 amide bonds. The molecule has 154 valence electrons. The van der Waals surface area contributed by atoms with Crippen LogP contribution in [0.25, 0.3) is 10.9 Å². The maximum atomic E-state index is 13.0. The second-order valence-electron chi connectivity index (χ2n) is 7.86. The molecule has 0 spiro atoms. The maximum Gasteiger partial charge on any atom is 0.277 e. The van der Waals surface area contributed by atoms with E-state index in [9.17, 15) is 9.59 Å². The molecule has 1 fully saturated rings. The van der Waals surface area contributed by atoms with Gasteiger partial charge in [0.05, 0.1) is 6.42 Å². The number of amides is 2. The number of carbonyl (C=O) groups is 2. The van der Waals surface area contributed by atoms with Crippen LogP contribution in [-0.2, 0) is 11.2 Å². The topological polar surface area (TPSA) is 59.7 Å². The molecule has 6 nitrogen and oxygen atoms in total. The molecule has 2 aliphatic rings. The molecule has 0 atom stereocenters. The number of imide groups is 1. The minimum atomic E-state index is -0.213. The molecule has 7 heteroatoms. The van der Waals surface area contributed by atoms with Crippen molar-refractivity contribution in [3.63, 3.8) is 0 Å². The molecule has 1 saturated heterocycles. The van der Waals surface area contributed by atoms with Crippen molar-refractivity contribution >= 4 is 40.0 Å². The van der Waals surface area contributed by atoms with Gasteiger partial charge in [-0.1, -0.05) is 35.9 Å². The zero-order valence-corrected chi connectivity index (χ0v) is 17.4. The van der Waals surface area contributed by atoms with E-state index in [4.69, 9.17) is 11.6 Å².